The molecule has 8 heteroatoms. The third-order valence-electron chi connectivity index (χ3n) is 5.35. The zero-order chi connectivity index (χ0) is 22.2. The summed E-state index contributed by atoms with van der Waals surface area (Å²) in [5.41, 5.74) is 2.09. The van der Waals surface area contributed by atoms with Crippen molar-refractivity contribution in [1.82, 2.24) is 25.5 Å². The van der Waals surface area contributed by atoms with E-state index in [1.807, 2.05) is 6.07 Å². The highest BCUT2D eigenvalue weighted by Crippen LogP contribution is 2.33. The lowest BCUT2D eigenvalue weighted by Crippen LogP contribution is -2.60. The molecule has 162 valence electrons. The molecule has 1 fully saturated rings. The highest BCUT2D eigenvalue weighted by molar-refractivity contribution is 5.73. The summed E-state index contributed by atoms with van der Waals surface area (Å²) in [6, 6.07) is 8.61. The molecule has 1 saturated heterocycles. The summed E-state index contributed by atoms with van der Waals surface area (Å²) in [5.74, 6) is 0.0319. The summed E-state index contributed by atoms with van der Waals surface area (Å²) in [4.78, 5) is 18.4. The third-order valence-corrected chi connectivity index (χ3v) is 5.35. The number of nitrogens with one attached hydrogen (secondary N) is 2. The van der Waals surface area contributed by atoms with E-state index in [0.717, 1.165) is 18.4 Å². The Bertz CT molecular complexity index is 1120. The van der Waals surface area contributed by atoms with Gasteiger partial charge in [-0.05, 0) is 57.0 Å². The fourth-order valence-corrected chi connectivity index (χ4v) is 4.46. The molecule has 0 spiro atoms. The summed E-state index contributed by atoms with van der Waals surface area (Å²) < 4.78 is 6.02. The second kappa shape index (κ2) is 7.77. The molecule has 1 aromatic carbocycles. The van der Waals surface area contributed by atoms with Crippen LogP contribution in [0, 0.1) is 0 Å². The third kappa shape index (κ3) is 4.91. The second-order valence-corrected chi connectivity index (χ2v) is 9.34. The molecule has 31 heavy (non-hydrogen) atoms. The Hall–Kier alpha value is -3.26. The fourth-order valence-electron chi connectivity index (χ4n) is 4.46. The fraction of sp³-hybridized carbons (Fsp3) is 0.391. The van der Waals surface area contributed by atoms with Crippen molar-refractivity contribution in [2.24, 2.45) is 0 Å². The standard InChI is InChI=1S/C23H27N5O3/c1-22(2)11-16(12-23(3,4)28-22)31-21-25-13-18(26-27-21)17-6-5-14(9-19(17)29)15-7-8-24-20(30)10-15/h5-10,13,16,28-29H,11-12H2,1-4H3,(H,24,30). The molecule has 8 nitrogen and oxygen atoms in total. The van der Waals surface area contributed by atoms with Gasteiger partial charge in [0.25, 0.3) is 0 Å². The number of pyridine rings is 1. The lowest BCUT2D eigenvalue weighted by atomic mass is 9.81. The number of hydrogen-bond donors (Lipinski definition) is 3. The quantitative estimate of drug-likeness (QED) is 0.592. The number of phenolic OH excluding ortho intramolecular Hbond substituents is 1. The van der Waals surface area contributed by atoms with E-state index in [4.69, 9.17) is 4.74 Å². The Balaban J connectivity index is 1.51. The van der Waals surface area contributed by atoms with Crippen LogP contribution >= 0.6 is 0 Å². The highest BCUT2D eigenvalue weighted by atomic mass is 16.5. The molecule has 1 aliphatic heterocycles. The first-order valence-corrected chi connectivity index (χ1v) is 10.3. The second-order valence-electron chi connectivity index (χ2n) is 9.34. The minimum atomic E-state index is -0.202. The Morgan fingerprint density at radius 2 is 1.74 bits per heavy atom. The van der Waals surface area contributed by atoms with E-state index in [1.54, 1.807) is 30.6 Å². The van der Waals surface area contributed by atoms with Crippen molar-refractivity contribution < 1.29 is 9.84 Å². The van der Waals surface area contributed by atoms with Gasteiger partial charge in [0.05, 0.1) is 6.20 Å². The van der Waals surface area contributed by atoms with E-state index < -0.39 is 0 Å². The molecule has 0 amide bonds. The van der Waals surface area contributed by atoms with Crippen molar-refractivity contribution in [3.8, 4) is 34.1 Å². The maximum Gasteiger partial charge on any atom is 0.335 e. The normalized spacial score (nSPS) is 17.9. The molecule has 4 rings (SSSR count). The monoisotopic (exact) mass is 421 g/mol. The van der Waals surface area contributed by atoms with Crippen molar-refractivity contribution in [3.63, 3.8) is 0 Å². The molecule has 0 unspecified atom stereocenters. The smallest absolute Gasteiger partial charge is 0.335 e. The number of benzene rings is 1. The molecule has 0 radical (unpaired) electrons. The molecular weight excluding hydrogens is 394 g/mol. The van der Waals surface area contributed by atoms with Crippen LogP contribution in [0.25, 0.3) is 22.4 Å². The van der Waals surface area contributed by atoms with E-state index in [0.29, 0.717) is 16.8 Å². The molecule has 0 aliphatic carbocycles. The molecule has 0 atom stereocenters. The Morgan fingerprint density at radius 3 is 2.35 bits per heavy atom. The van der Waals surface area contributed by atoms with E-state index in [1.165, 1.54) is 6.07 Å². The molecule has 1 aliphatic rings. The number of aromatic amines is 1. The molecule has 3 aromatic rings. The molecule has 3 heterocycles. The first kappa shape index (κ1) is 21.0. The van der Waals surface area contributed by atoms with Gasteiger partial charge in [0.15, 0.2) is 0 Å². The summed E-state index contributed by atoms with van der Waals surface area (Å²) in [6.45, 7) is 8.63. The highest BCUT2D eigenvalue weighted by Gasteiger charge is 2.39. The van der Waals surface area contributed by atoms with Crippen LogP contribution in [0.1, 0.15) is 40.5 Å². The summed E-state index contributed by atoms with van der Waals surface area (Å²) in [6.07, 6.45) is 4.78. The maximum atomic E-state index is 11.5. The average molecular weight is 422 g/mol. The number of nitrogens with zero attached hydrogens (tertiary/aromatic N) is 3. The SMILES string of the molecule is CC1(C)CC(Oc2ncc(-c3ccc(-c4cc[nH]c(=O)c4)cc3O)nn2)CC(C)(C)N1. The number of rotatable bonds is 4. The van der Waals surface area contributed by atoms with Gasteiger partial charge in [-0.25, -0.2) is 4.98 Å². The van der Waals surface area contributed by atoms with E-state index in [9.17, 15) is 9.90 Å². The van der Waals surface area contributed by atoms with Crippen LogP contribution in [-0.2, 0) is 0 Å². The van der Waals surface area contributed by atoms with Crippen LogP contribution in [-0.4, -0.2) is 42.5 Å². The zero-order valence-electron chi connectivity index (χ0n) is 18.1. The van der Waals surface area contributed by atoms with Gasteiger partial charge in [0.1, 0.15) is 17.5 Å². The number of phenols is 1. The van der Waals surface area contributed by atoms with Crippen molar-refractivity contribution in [2.45, 2.75) is 57.7 Å². The molecule has 0 bridgehead atoms. The van der Waals surface area contributed by atoms with Gasteiger partial charge in [-0.1, -0.05) is 11.2 Å². The van der Waals surface area contributed by atoms with Crippen molar-refractivity contribution in [3.05, 3.63) is 53.1 Å². The van der Waals surface area contributed by atoms with Crippen molar-refractivity contribution >= 4 is 0 Å². The van der Waals surface area contributed by atoms with Gasteiger partial charge in [-0.3, -0.25) is 4.79 Å². The Kier molecular flexibility index (Phi) is 5.26. The van der Waals surface area contributed by atoms with Gasteiger partial charge in [0, 0.05) is 41.7 Å². The average Bonchev–Trinajstić information content (AvgIpc) is 2.66. The van der Waals surface area contributed by atoms with Crippen molar-refractivity contribution in [1.29, 1.82) is 0 Å². The number of ether oxygens (including phenoxy) is 1. The predicted molar refractivity (Wildman–Crippen MR) is 118 cm³/mol. The van der Waals surface area contributed by atoms with Crippen LogP contribution in [0.5, 0.6) is 11.8 Å². The van der Waals surface area contributed by atoms with Gasteiger partial charge in [0.2, 0.25) is 5.56 Å². The van der Waals surface area contributed by atoms with Crippen molar-refractivity contribution in [2.75, 3.05) is 0 Å². The predicted octanol–water partition coefficient (Wildman–Crippen LogP) is 3.29. The molecular formula is C23H27N5O3. The molecule has 0 saturated carbocycles. The maximum absolute atomic E-state index is 11.5. The van der Waals surface area contributed by atoms with Crippen LogP contribution in [0.3, 0.4) is 0 Å². The van der Waals surface area contributed by atoms with Gasteiger partial charge >= 0.3 is 6.01 Å². The first-order valence-electron chi connectivity index (χ1n) is 10.3. The lowest BCUT2D eigenvalue weighted by molar-refractivity contribution is 0.0491. The van der Waals surface area contributed by atoms with E-state index in [2.05, 4.69) is 53.2 Å². The summed E-state index contributed by atoms with van der Waals surface area (Å²) >= 11 is 0. The van der Waals surface area contributed by atoms with Gasteiger partial charge in [-0.15, -0.1) is 5.10 Å². The van der Waals surface area contributed by atoms with Crippen LogP contribution in [0.15, 0.2) is 47.5 Å². The molecule has 2 aromatic heterocycles. The number of hydrogen-bond acceptors (Lipinski definition) is 7. The zero-order valence-corrected chi connectivity index (χ0v) is 18.1. The minimum absolute atomic E-state index is 0.0133. The van der Waals surface area contributed by atoms with E-state index >= 15 is 0 Å². The summed E-state index contributed by atoms with van der Waals surface area (Å²) in [7, 11) is 0. The largest absolute Gasteiger partial charge is 0.507 e. The van der Waals surface area contributed by atoms with Gasteiger partial charge in [-0.2, -0.15) is 0 Å². The molecule has 3 N–H and O–H groups in total. The Morgan fingerprint density at radius 1 is 1.03 bits per heavy atom. The van der Waals surface area contributed by atoms with Crippen LogP contribution in [0.2, 0.25) is 0 Å². The first-order chi connectivity index (χ1) is 14.6. The minimum Gasteiger partial charge on any atom is -0.507 e. The van der Waals surface area contributed by atoms with E-state index in [-0.39, 0.29) is 34.5 Å². The number of aromatic nitrogens is 4. The topological polar surface area (TPSA) is 113 Å². The number of aromatic hydroxyl groups is 1. The number of H-pyrrole nitrogens is 1. The summed E-state index contributed by atoms with van der Waals surface area (Å²) in [5, 5.41) is 22.4. The lowest BCUT2D eigenvalue weighted by Gasteiger charge is -2.45. The van der Waals surface area contributed by atoms with Crippen LogP contribution < -0.4 is 15.6 Å². The van der Waals surface area contributed by atoms with Gasteiger partial charge < -0.3 is 20.1 Å². The Labute approximate surface area is 180 Å². The van der Waals surface area contributed by atoms with Crippen LogP contribution in [0.4, 0.5) is 0 Å². The number of piperidine rings is 1.